The van der Waals surface area contributed by atoms with Crippen molar-refractivity contribution < 1.29 is 18.8 Å². The number of nitrogens with zero attached hydrogens (tertiary/aromatic N) is 2. The first-order chi connectivity index (χ1) is 12.1. The SMILES string of the molecule is COc1ccc(N2C[C@](O)(c3ccc(F)cc3)[N+]3=C2CCCC3)cc1. The number of methoxy groups -OCH3 is 1. The maximum absolute atomic E-state index is 13.3. The molecule has 0 aliphatic carbocycles. The van der Waals surface area contributed by atoms with Crippen LogP contribution >= 0.6 is 0 Å². The minimum absolute atomic E-state index is 0.291. The van der Waals surface area contributed by atoms with Crippen LogP contribution in [0.2, 0.25) is 0 Å². The van der Waals surface area contributed by atoms with Crippen molar-refractivity contribution in [3.8, 4) is 5.75 Å². The number of hydrogen-bond donors (Lipinski definition) is 1. The van der Waals surface area contributed by atoms with Gasteiger partial charge in [0.25, 0.3) is 11.6 Å². The number of halogens is 1. The summed E-state index contributed by atoms with van der Waals surface area (Å²) in [5.74, 6) is 1.64. The van der Waals surface area contributed by atoms with Crippen molar-refractivity contribution in [2.45, 2.75) is 25.0 Å². The molecule has 0 radical (unpaired) electrons. The first-order valence-electron chi connectivity index (χ1n) is 8.65. The Hall–Kier alpha value is -2.40. The highest BCUT2D eigenvalue weighted by Gasteiger charge is 2.52. The van der Waals surface area contributed by atoms with Gasteiger partial charge in [0, 0.05) is 12.0 Å². The van der Waals surface area contributed by atoms with E-state index in [9.17, 15) is 9.50 Å². The summed E-state index contributed by atoms with van der Waals surface area (Å²) >= 11 is 0. The van der Waals surface area contributed by atoms with E-state index in [4.69, 9.17) is 4.74 Å². The highest BCUT2D eigenvalue weighted by atomic mass is 19.1. The van der Waals surface area contributed by atoms with Gasteiger partial charge in [-0.15, -0.1) is 0 Å². The molecule has 0 unspecified atom stereocenters. The predicted molar refractivity (Wildman–Crippen MR) is 94.6 cm³/mol. The van der Waals surface area contributed by atoms with Crippen LogP contribution in [0.3, 0.4) is 0 Å². The van der Waals surface area contributed by atoms with Crippen LogP contribution in [0, 0.1) is 5.82 Å². The molecular weight excluding hydrogens is 319 g/mol. The second-order valence-electron chi connectivity index (χ2n) is 6.63. The smallest absolute Gasteiger partial charge is 0.271 e. The molecule has 2 aliphatic rings. The fourth-order valence-corrected chi connectivity index (χ4v) is 3.86. The standard InChI is InChI=1S/C20H22FN2O2/c1-25-18-11-9-17(10-12-18)22-14-20(24,15-5-7-16(21)8-6-15)23-13-3-2-4-19(22)23/h5-12,24H,2-4,13-14H2,1H3/q+1/t20-/m0/s1. The van der Waals surface area contributed by atoms with Gasteiger partial charge in [-0.3, -0.25) is 0 Å². The summed E-state index contributed by atoms with van der Waals surface area (Å²) < 4.78 is 20.6. The molecule has 0 amide bonds. The van der Waals surface area contributed by atoms with Crippen molar-refractivity contribution in [2.75, 3.05) is 25.1 Å². The van der Waals surface area contributed by atoms with Crippen molar-refractivity contribution in [3.05, 3.63) is 59.9 Å². The molecule has 4 nitrogen and oxygen atoms in total. The molecule has 2 aromatic rings. The topological polar surface area (TPSA) is 35.7 Å². The van der Waals surface area contributed by atoms with E-state index in [1.54, 1.807) is 19.2 Å². The molecule has 2 aliphatic heterocycles. The van der Waals surface area contributed by atoms with Gasteiger partial charge in [0.2, 0.25) is 0 Å². The van der Waals surface area contributed by atoms with E-state index in [-0.39, 0.29) is 5.82 Å². The Bertz CT molecular complexity index is 801. The number of β-amino-alcohol motifs (C(OH)–C–C–N with tert-alkyl or cyclic N) is 1. The van der Waals surface area contributed by atoms with Crippen LogP contribution in [0.4, 0.5) is 10.1 Å². The van der Waals surface area contributed by atoms with E-state index in [2.05, 4.69) is 9.48 Å². The van der Waals surface area contributed by atoms with Gasteiger partial charge < -0.3 is 9.84 Å². The molecule has 0 aromatic heterocycles. The van der Waals surface area contributed by atoms with Crippen LogP contribution in [0.15, 0.2) is 48.5 Å². The van der Waals surface area contributed by atoms with E-state index in [1.165, 1.54) is 12.1 Å². The zero-order chi connectivity index (χ0) is 17.4. The monoisotopic (exact) mass is 341 g/mol. The van der Waals surface area contributed by atoms with Gasteiger partial charge in [0.15, 0.2) is 6.54 Å². The lowest BCUT2D eigenvalue weighted by atomic mass is 10.0. The van der Waals surface area contributed by atoms with Crippen molar-refractivity contribution in [1.29, 1.82) is 0 Å². The van der Waals surface area contributed by atoms with Crippen LogP contribution in [0.1, 0.15) is 24.8 Å². The van der Waals surface area contributed by atoms with E-state index in [1.807, 2.05) is 24.3 Å². The molecule has 2 heterocycles. The number of hydrogen-bond acceptors (Lipinski definition) is 3. The number of aliphatic hydroxyl groups is 1. The van der Waals surface area contributed by atoms with Crippen LogP contribution in [0.5, 0.6) is 5.75 Å². The molecule has 0 spiro atoms. The van der Waals surface area contributed by atoms with E-state index >= 15 is 0 Å². The van der Waals surface area contributed by atoms with Crippen molar-refractivity contribution in [3.63, 3.8) is 0 Å². The summed E-state index contributed by atoms with van der Waals surface area (Å²) in [5.41, 5.74) is 0.619. The zero-order valence-corrected chi connectivity index (χ0v) is 14.3. The Balaban J connectivity index is 1.75. The van der Waals surface area contributed by atoms with E-state index in [0.29, 0.717) is 6.54 Å². The lowest BCUT2D eigenvalue weighted by Crippen LogP contribution is -2.41. The van der Waals surface area contributed by atoms with Gasteiger partial charge in [0.1, 0.15) is 17.3 Å². The number of benzene rings is 2. The summed E-state index contributed by atoms with van der Waals surface area (Å²) in [5, 5.41) is 11.5. The van der Waals surface area contributed by atoms with Crippen LogP contribution in [-0.4, -0.2) is 35.7 Å². The summed E-state index contributed by atoms with van der Waals surface area (Å²) in [6.07, 6.45) is 3.08. The van der Waals surface area contributed by atoms with Crippen LogP contribution in [0.25, 0.3) is 0 Å². The molecule has 2 aromatic carbocycles. The maximum atomic E-state index is 13.3. The van der Waals surface area contributed by atoms with Gasteiger partial charge in [0.05, 0.1) is 13.7 Å². The second kappa shape index (κ2) is 6.15. The quantitative estimate of drug-likeness (QED) is 0.872. The number of ether oxygens (including phenoxy) is 1. The third-order valence-electron chi connectivity index (χ3n) is 5.17. The van der Waals surface area contributed by atoms with Gasteiger partial charge >= 0.3 is 0 Å². The number of rotatable bonds is 3. The minimum Gasteiger partial charge on any atom is -0.497 e. The molecule has 4 rings (SSSR count). The average molecular weight is 341 g/mol. The Morgan fingerprint density at radius 3 is 2.48 bits per heavy atom. The molecule has 5 heteroatoms. The Morgan fingerprint density at radius 2 is 1.80 bits per heavy atom. The van der Waals surface area contributed by atoms with Gasteiger partial charge in [-0.2, -0.15) is 0 Å². The van der Waals surface area contributed by atoms with Crippen LogP contribution < -0.4 is 9.64 Å². The van der Waals surface area contributed by atoms with Gasteiger partial charge in [-0.05, 0) is 61.4 Å². The Morgan fingerprint density at radius 1 is 1.08 bits per heavy atom. The molecule has 0 saturated heterocycles. The normalized spacial score (nSPS) is 22.9. The Labute approximate surface area is 146 Å². The predicted octanol–water partition coefficient (Wildman–Crippen LogP) is 3.09. The summed E-state index contributed by atoms with van der Waals surface area (Å²) in [6.45, 7) is 1.23. The van der Waals surface area contributed by atoms with Gasteiger partial charge in [-0.25, -0.2) is 13.9 Å². The molecule has 0 fully saturated rings. The first kappa shape index (κ1) is 16.1. The summed E-state index contributed by atoms with van der Waals surface area (Å²) in [7, 11) is 1.65. The second-order valence-corrected chi connectivity index (χ2v) is 6.63. The first-order valence-corrected chi connectivity index (χ1v) is 8.65. The van der Waals surface area contributed by atoms with Gasteiger partial charge in [-0.1, -0.05) is 0 Å². The van der Waals surface area contributed by atoms with E-state index in [0.717, 1.165) is 48.6 Å². The third-order valence-corrected chi connectivity index (χ3v) is 5.17. The fourth-order valence-electron chi connectivity index (χ4n) is 3.86. The van der Waals surface area contributed by atoms with E-state index < -0.39 is 5.72 Å². The van der Waals surface area contributed by atoms with Crippen molar-refractivity contribution in [2.24, 2.45) is 0 Å². The van der Waals surface area contributed by atoms with Crippen molar-refractivity contribution >= 4 is 11.5 Å². The third kappa shape index (κ3) is 2.68. The highest BCUT2D eigenvalue weighted by Crippen LogP contribution is 2.36. The van der Waals surface area contributed by atoms with Crippen molar-refractivity contribution in [1.82, 2.24) is 0 Å². The highest BCUT2D eigenvalue weighted by molar-refractivity contribution is 5.96. The number of anilines is 1. The van der Waals surface area contributed by atoms with Crippen LogP contribution in [-0.2, 0) is 5.72 Å². The molecular formula is C20H22FN2O2+. The Kier molecular flexibility index (Phi) is 3.96. The molecule has 130 valence electrons. The molecule has 25 heavy (non-hydrogen) atoms. The lowest BCUT2D eigenvalue weighted by molar-refractivity contribution is -0.661. The molecule has 1 N–H and O–H groups in total. The largest absolute Gasteiger partial charge is 0.497 e. The zero-order valence-electron chi connectivity index (χ0n) is 14.3. The number of amidine groups is 1. The fraction of sp³-hybridized carbons (Fsp3) is 0.350. The molecule has 0 saturated carbocycles. The lowest BCUT2D eigenvalue weighted by Gasteiger charge is -2.24. The maximum Gasteiger partial charge on any atom is 0.271 e. The molecule has 1 atom stereocenters. The average Bonchev–Trinajstić information content (AvgIpc) is 2.97. The molecule has 0 bridgehead atoms. The summed E-state index contributed by atoms with van der Waals surface area (Å²) in [6, 6.07) is 14.1. The minimum atomic E-state index is -1.14. The summed E-state index contributed by atoms with van der Waals surface area (Å²) in [4.78, 5) is 2.17.